The number of benzene rings is 1. The van der Waals surface area contributed by atoms with Crippen molar-refractivity contribution in [2.75, 3.05) is 44.9 Å². The second kappa shape index (κ2) is 11.2. The van der Waals surface area contributed by atoms with Gasteiger partial charge in [-0.1, -0.05) is 18.2 Å². The Hall–Kier alpha value is -4.05. The van der Waals surface area contributed by atoms with Crippen LogP contribution in [0.5, 0.6) is 6.01 Å². The zero-order chi connectivity index (χ0) is 23.8. The fourth-order valence-electron chi connectivity index (χ4n) is 3.55. The summed E-state index contributed by atoms with van der Waals surface area (Å²) in [6, 6.07) is 14.6. The molecule has 0 bridgehead atoms. The molecule has 0 saturated carbocycles. The molecule has 2 aromatic heterocycles. The lowest BCUT2D eigenvalue weighted by atomic mass is 10.0. The predicted octanol–water partition coefficient (Wildman–Crippen LogP) is 1.83. The van der Waals surface area contributed by atoms with Gasteiger partial charge < -0.3 is 25.0 Å². The lowest BCUT2D eigenvalue weighted by Crippen LogP contribution is -2.37. The van der Waals surface area contributed by atoms with E-state index < -0.39 is 5.97 Å². The van der Waals surface area contributed by atoms with E-state index in [0.29, 0.717) is 67.7 Å². The summed E-state index contributed by atoms with van der Waals surface area (Å²) >= 11 is 0. The fourth-order valence-corrected chi connectivity index (χ4v) is 3.55. The topological polar surface area (TPSA) is 125 Å². The van der Waals surface area contributed by atoms with Crippen LogP contribution in [-0.4, -0.2) is 66.7 Å². The fraction of sp³-hybridized carbons (Fsp3) is 0.292. The maximum absolute atomic E-state index is 12.0. The molecule has 0 spiro atoms. The number of nitrogens with zero attached hydrogens (tertiary/aromatic N) is 5. The van der Waals surface area contributed by atoms with Crippen molar-refractivity contribution in [1.82, 2.24) is 15.0 Å². The molecule has 0 radical (unpaired) electrons. The molecule has 4 rings (SSSR count). The van der Waals surface area contributed by atoms with Gasteiger partial charge in [0, 0.05) is 43.0 Å². The first-order valence-corrected chi connectivity index (χ1v) is 10.9. The van der Waals surface area contributed by atoms with Gasteiger partial charge in [-0.2, -0.15) is 15.1 Å². The lowest BCUT2D eigenvalue weighted by molar-refractivity contribution is 0.0600. The number of ether oxygens (including phenoxy) is 3. The van der Waals surface area contributed by atoms with E-state index in [2.05, 4.69) is 25.0 Å². The molecule has 10 heteroatoms. The van der Waals surface area contributed by atoms with E-state index in [0.717, 1.165) is 5.69 Å². The molecule has 1 fully saturated rings. The standard InChI is InChI=1S/C24H26N6O4/c1-32-23(31)18-6-4-5-17(15-18)22(29-25)20-16-21(30-10-13-33-14-11-30)28-24(27-20)34-12-8-19-7-2-3-9-26-19/h2-7,9,15-16H,8,10-14,25H2,1H3. The van der Waals surface area contributed by atoms with Gasteiger partial charge in [0.25, 0.3) is 0 Å². The molecule has 0 amide bonds. The first kappa shape index (κ1) is 23.1. The number of methoxy groups -OCH3 is 1. The van der Waals surface area contributed by atoms with E-state index in [-0.39, 0.29) is 6.01 Å². The Balaban J connectivity index is 1.64. The van der Waals surface area contributed by atoms with Gasteiger partial charge >= 0.3 is 12.0 Å². The minimum atomic E-state index is -0.451. The molecule has 176 valence electrons. The Bertz CT molecular complexity index is 1150. The highest BCUT2D eigenvalue weighted by Gasteiger charge is 2.19. The van der Waals surface area contributed by atoms with Crippen LogP contribution in [0.1, 0.15) is 27.3 Å². The number of morpholine rings is 1. The second-order valence-electron chi connectivity index (χ2n) is 7.46. The van der Waals surface area contributed by atoms with Gasteiger partial charge in [0.15, 0.2) is 0 Å². The molecule has 0 unspecified atom stereocenters. The van der Waals surface area contributed by atoms with E-state index in [4.69, 9.17) is 20.1 Å². The van der Waals surface area contributed by atoms with Crippen molar-refractivity contribution < 1.29 is 19.0 Å². The molecule has 1 saturated heterocycles. The number of pyridine rings is 1. The summed E-state index contributed by atoms with van der Waals surface area (Å²) in [5.74, 6) is 6.01. The highest BCUT2D eigenvalue weighted by Crippen LogP contribution is 2.21. The molecule has 1 aliphatic rings. The number of hydrazone groups is 1. The van der Waals surface area contributed by atoms with Crippen LogP contribution < -0.4 is 15.5 Å². The molecule has 3 heterocycles. The summed E-state index contributed by atoms with van der Waals surface area (Å²) in [4.78, 5) is 27.6. The first-order chi connectivity index (χ1) is 16.7. The summed E-state index contributed by atoms with van der Waals surface area (Å²) in [5, 5.41) is 3.98. The van der Waals surface area contributed by atoms with E-state index in [1.165, 1.54) is 7.11 Å². The molecule has 1 aliphatic heterocycles. The number of rotatable bonds is 8. The molecule has 1 aromatic carbocycles. The first-order valence-electron chi connectivity index (χ1n) is 10.9. The Morgan fingerprint density at radius 1 is 1.12 bits per heavy atom. The minimum absolute atomic E-state index is 0.209. The summed E-state index contributed by atoms with van der Waals surface area (Å²) in [5.41, 5.74) is 2.80. The van der Waals surface area contributed by atoms with Crippen molar-refractivity contribution in [2.45, 2.75) is 6.42 Å². The van der Waals surface area contributed by atoms with Crippen molar-refractivity contribution in [1.29, 1.82) is 0 Å². The van der Waals surface area contributed by atoms with Crippen molar-refractivity contribution in [3.8, 4) is 6.01 Å². The monoisotopic (exact) mass is 462 g/mol. The lowest BCUT2D eigenvalue weighted by Gasteiger charge is -2.28. The van der Waals surface area contributed by atoms with Crippen molar-refractivity contribution >= 4 is 17.5 Å². The van der Waals surface area contributed by atoms with Crippen LogP contribution in [0.4, 0.5) is 5.82 Å². The van der Waals surface area contributed by atoms with Gasteiger partial charge in [0.05, 0.1) is 32.5 Å². The molecule has 0 atom stereocenters. The van der Waals surface area contributed by atoms with Gasteiger partial charge in [-0.3, -0.25) is 4.98 Å². The third-order valence-corrected chi connectivity index (χ3v) is 5.27. The van der Waals surface area contributed by atoms with Gasteiger partial charge in [-0.15, -0.1) is 0 Å². The van der Waals surface area contributed by atoms with Crippen LogP contribution in [0.2, 0.25) is 0 Å². The third kappa shape index (κ3) is 5.65. The normalized spacial score (nSPS) is 14.0. The molecule has 10 nitrogen and oxygen atoms in total. The predicted molar refractivity (Wildman–Crippen MR) is 126 cm³/mol. The number of aromatic nitrogens is 3. The summed E-state index contributed by atoms with van der Waals surface area (Å²) in [6.07, 6.45) is 2.36. The number of hydrogen-bond acceptors (Lipinski definition) is 10. The Labute approximate surface area is 197 Å². The number of hydrogen-bond donors (Lipinski definition) is 1. The van der Waals surface area contributed by atoms with Gasteiger partial charge in [0.1, 0.15) is 17.2 Å². The largest absolute Gasteiger partial charge is 0.465 e. The van der Waals surface area contributed by atoms with Crippen molar-refractivity contribution in [3.63, 3.8) is 0 Å². The summed E-state index contributed by atoms with van der Waals surface area (Å²) < 4.78 is 16.2. The number of esters is 1. The smallest absolute Gasteiger partial charge is 0.337 e. The number of carbonyl (C=O) groups excluding carboxylic acids is 1. The van der Waals surface area contributed by atoms with E-state index >= 15 is 0 Å². The number of nitrogens with two attached hydrogens (primary N) is 1. The summed E-state index contributed by atoms with van der Waals surface area (Å²) in [7, 11) is 1.33. The van der Waals surface area contributed by atoms with Crippen LogP contribution in [0.25, 0.3) is 0 Å². The Kier molecular flexibility index (Phi) is 7.61. The number of anilines is 1. The zero-order valence-corrected chi connectivity index (χ0v) is 18.9. The quantitative estimate of drug-likeness (QED) is 0.231. The SMILES string of the molecule is COC(=O)c1cccc(C(=NN)c2cc(N3CCOCC3)nc(OCCc3ccccn3)n2)c1. The van der Waals surface area contributed by atoms with Crippen LogP contribution in [0, 0.1) is 0 Å². The second-order valence-corrected chi connectivity index (χ2v) is 7.46. The van der Waals surface area contributed by atoms with Crippen molar-refractivity contribution in [2.24, 2.45) is 10.9 Å². The average Bonchev–Trinajstić information content (AvgIpc) is 2.90. The molecule has 2 N–H and O–H groups in total. The van der Waals surface area contributed by atoms with Gasteiger partial charge in [-0.25, -0.2) is 4.79 Å². The van der Waals surface area contributed by atoms with Crippen LogP contribution >= 0.6 is 0 Å². The van der Waals surface area contributed by atoms with E-state index in [1.54, 1.807) is 30.5 Å². The Morgan fingerprint density at radius 3 is 2.68 bits per heavy atom. The van der Waals surface area contributed by atoms with Crippen LogP contribution in [0.15, 0.2) is 59.8 Å². The number of carbonyl (C=O) groups is 1. The van der Waals surface area contributed by atoms with E-state index in [1.807, 2.05) is 24.3 Å². The maximum atomic E-state index is 12.0. The van der Waals surface area contributed by atoms with Crippen LogP contribution in [-0.2, 0) is 15.9 Å². The maximum Gasteiger partial charge on any atom is 0.337 e. The highest BCUT2D eigenvalue weighted by molar-refractivity contribution is 6.12. The van der Waals surface area contributed by atoms with Crippen LogP contribution in [0.3, 0.4) is 0 Å². The zero-order valence-electron chi connectivity index (χ0n) is 18.9. The highest BCUT2D eigenvalue weighted by atomic mass is 16.5. The molecule has 3 aromatic rings. The van der Waals surface area contributed by atoms with Gasteiger partial charge in [0.2, 0.25) is 0 Å². The minimum Gasteiger partial charge on any atom is -0.465 e. The van der Waals surface area contributed by atoms with E-state index in [9.17, 15) is 4.79 Å². The third-order valence-electron chi connectivity index (χ3n) is 5.27. The Morgan fingerprint density at radius 2 is 1.94 bits per heavy atom. The molecular weight excluding hydrogens is 436 g/mol. The van der Waals surface area contributed by atoms with Crippen molar-refractivity contribution in [3.05, 3.63) is 77.2 Å². The summed E-state index contributed by atoms with van der Waals surface area (Å²) in [6.45, 7) is 2.95. The average molecular weight is 463 g/mol. The molecule has 0 aliphatic carbocycles. The molecular formula is C24H26N6O4. The molecule has 34 heavy (non-hydrogen) atoms. The van der Waals surface area contributed by atoms with Gasteiger partial charge in [-0.05, 0) is 24.3 Å².